The van der Waals surface area contributed by atoms with Gasteiger partial charge < -0.3 is 9.80 Å². The largest absolute Gasteiger partial charge is 0.311 e. The molecule has 0 amide bonds. The van der Waals surface area contributed by atoms with E-state index in [0.29, 0.717) is 0 Å². The van der Waals surface area contributed by atoms with E-state index in [1.165, 1.54) is 123 Å². The van der Waals surface area contributed by atoms with Gasteiger partial charge in [0.2, 0.25) is 0 Å². The Morgan fingerprint density at radius 3 is 1.39 bits per heavy atom. The van der Waals surface area contributed by atoms with Crippen LogP contribution >= 0.6 is 0 Å². The third kappa shape index (κ3) is 6.31. The molecule has 0 aromatic heterocycles. The molecule has 0 atom stereocenters. The number of aryl methyl sites for hydroxylation is 1. The lowest BCUT2D eigenvalue weighted by atomic mass is 9.33. The van der Waals surface area contributed by atoms with Gasteiger partial charge in [-0.15, -0.1) is 0 Å². The van der Waals surface area contributed by atoms with Crippen LogP contribution in [0.4, 0.5) is 34.1 Å². The van der Waals surface area contributed by atoms with Gasteiger partial charge >= 0.3 is 0 Å². The molecule has 0 N–H and O–H groups in total. The first-order valence-electron chi connectivity index (χ1n) is 25.3. The molecule has 4 heterocycles. The zero-order chi connectivity index (χ0) is 48.3. The SMILES string of the molecule is Cc1cc2c3c(c1)N(c1ccc(C(C)(C)C)cc1-c1ccccc1)c1cc4c(cc1B3c1ccc3cc1N2c1ccc(C(C)(C)C)cc1-c1ccc(cc1)C3(C)C)C(C)(C)c1ccccc1C4(C)C. The maximum Gasteiger partial charge on any atom is 0.252 e. The summed E-state index contributed by atoms with van der Waals surface area (Å²) in [6.45, 7) is 30.9. The van der Waals surface area contributed by atoms with Gasteiger partial charge in [0.15, 0.2) is 0 Å². The second-order valence-electron chi connectivity index (χ2n) is 24.4. The van der Waals surface area contributed by atoms with Crippen LogP contribution < -0.4 is 26.2 Å². The average Bonchev–Trinajstić information content (AvgIpc) is 3.34. The van der Waals surface area contributed by atoms with Crippen LogP contribution in [0.15, 0.2) is 158 Å². The predicted molar refractivity (Wildman–Crippen MR) is 296 cm³/mol. The molecule has 13 rings (SSSR count). The first-order valence-corrected chi connectivity index (χ1v) is 25.3. The monoisotopic (exact) mass is 897 g/mol. The Bertz CT molecular complexity index is 3450. The smallest absolute Gasteiger partial charge is 0.252 e. The van der Waals surface area contributed by atoms with Crippen LogP contribution in [-0.4, -0.2) is 6.71 Å². The van der Waals surface area contributed by atoms with Crippen molar-refractivity contribution in [3.8, 4) is 22.3 Å². The fourth-order valence-electron chi connectivity index (χ4n) is 12.7. The van der Waals surface area contributed by atoms with E-state index in [-0.39, 0.29) is 33.8 Å². The van der Waals surface area contributed by atoms with Crippen LogP contribution in [0.1, 0.15) is 133 Å². The molecule has 0 spiro atoms. The molecule has 1 aliphatic carbocycles. The van der Waals surface area contributed by atoms with Gasteiger partial charge in [-0.1, -0.05) is 192 Å². The lowest BCUT2D eigenvalue weighted by molar-refractivity contribution is 0.521. The van der Waals surface area contributed by atoms with E-state index in [1.54, 1.807) is 0 Å². The molecule has 0 saturated carbocycles. The number of benzene rings is 8. The van der Waals surface area contributed by atoms with Gasteiger partial charge in [-0.3, -0.25) is 0 Å². The molecule has 8 aromatic rings. The van der Waals surface area contributed by atoms with Gasteiger partial charge in [0.1, 0.15) is 0 Å². The van der Waals surface area contributed by atoms with Crippen molar-refractivity contribution in [3.05, 3.63) is 208 Å². The van der Waals surface area contributed by atoms with Crippen LogP contribution in [0.25, 0.3) is 22.3 Å². The van der Waals surface area contributed by atoms with Crippen molar-refractivity contribution >= 4 is 57.2 Å². The van der Waals surface area contributed by atoms with Crippen molar-refractivity contribution in [2.45, 2.75) is 117 Å². The minimum absolute atomic E-state index is 0.0172. The summed E-state index contributed by atoms with van der Waals surface area (Å²) in [4.78, 5) is 5.33. The van der Waals surface area contributed by atoms with Crippen molar-refractivity contribution in [3.63, 3.8) is 0 Å². The van der Waals surface area contributed by atoms with Crippen LogP contribution in [0, 0.1) is 6.92 Å². The van der Waals surface area contributed by atoms with E-state index < -0.39 is 0 Å². The fourth-order valence-corrected chi connectivity index (χ4v) is 12.7. The lowest BCUT2D eigenvalue weighted by Gasteiger charge is -2.48. The highest BCUT2D eigenvalue weighted by atomic mass is 15.2. The maximum atomic E-state index is 2.67. The number of hydrogen-bond acceptors (Lipinski definition) is 2. The normalized spacial score (nSPS) is 16.4. The first kappa shape index (κ1) is 43.7. The first-order chi connectivity index (χ1) is 32.7. The van der Waals surface area contributed by atoms with Gasteiger partial charge in [0.25, 0.3) is 6.71 Å². The van der Waals surface area contributed by atoms with Gasteiger partial charge in [0.05, 0.1) is 11.4 Å². The van der Waals surface area contributed by atoms with Gasteiger partial charge in [-0.05, 0) is 144 Å². The van der Waals surface area contributed by atoms with Crippen LogP contribution in [-0.2, 0) is 27.1 Å². The molecule has 69 heavy (non-hydrogen) atoms. The molecule has 4 bridgehead atoms. The molecule has 5 aliphatic rings. The van der Waals surface area contributed by atoms with Crippen LogP contribution in [0.3, 0.4) is 0 Å². The Balaban J connectivity index is 1.23. The van der Waals surface area contributed by atoms with E-state index in [2.05, 4.69) is 258 Å². The molecule has 2 nitrogen and oxygen atoms in total. The molecule has 4 aliphatic heterocycles. The minimum Gasteiger partial charge on any atom is -0.311 e. The van der Waals surface area contributed by atoms with Crippen molar-refractivity contribution in [2.75, 3.05) is 9.80 Å². The van der Waals surface area contributed by atoms with Gasteiger partial charge in [0, 0.05) is 50.1 Å². The Hall–Kier alpha value is -6.58. The van der Waals surface area contributed by atoms with Crippen LogP contribution in [0.2, 0.25) is 0 Å². The topological polar surface area (TPSA) is 6.48 Å². The summed E-state index contributed by atoms with van der Waals surface area (Å²) in [5.41, 5.74) is 28.0. The summed E-state index contributed by atoms with van der Waals surface area (Å²) in [7, 11) is 0. The lowest BCUT2D eigenvalue weighted by Crippen LogP contribution is -2.62. The van der Waals surface area contributed by atoms with E-state index in [9.17, 15) is 0 Å². The molecule has 0 unspecified atom stereocenters. The molecule has 0 saturated heterocycles. The number of nitrogens with zero attached hydrogens (tertiary/aromatic N) is 2. The maximum absolute atomic E-state index is 2.67. The van der Waals surface area contributed by atoms with Crippen molar-refractivity contribution < 1.29 is 0 Å². The molecule has 0 fully saturated rings. The highest BCUT2D eigenvalue weighted by molar-refractivity contribution is 7.00. The Morgan fingerprint density at radius 1 is 0.377 bits per heavy atom. The summed E-state index contributed by atoms with van der Waals surface area (Å²) in [6, 6.07) is 62.1. The number of hydrogen-bond donors (Lipinski definition) is 0. The van der Waals surface area contributed by atoms with Gasteiger partial charge in [-0.25, -0.2) is 0 Å². The van der Waals surface area contributed by atoms with Crippen molar-refractivity contribution in [2.24, 2.45) is 0 Å². The minimum atomic E-state index is -0.223. The average molecular weight is 897 g/mol. The van der Waals surface area contributed by atoms with E-state index >= 15 is 0 Å². The van der Waals surface area contributed by atoms with E-state index in [0.717, 1.165) is 0 Å². The zero-order valence-electron chi connectivity index (χ0n) is 43.0. The highest BCUT2D eigenvalue weighted by Gasteiger charge is 2.49. The third-order valence-electron chi connectivity index (χ3n) is 16.9. The summed E-state index contributed by atoms with van der Waals surface area (Å²) < 4.78 is 0. The molecule has 8 aromatic carbocycles. The fraction of sp³-hybridized carbons (Fsp3) is 0.273. The summed E-state index contributed by atoms with van der Waals surface area (Å²) in [6.07, 6.45) is 0. The van der Waals surface area contributed by atoms with Crippen LogP contribution in [0.5, 0.6) is 0 Å². The molecular formula is C66H65BN2. The number of anilines is 6. The van der Waals surface area contributed by atoms with Crippen molar-refractivity contribution in [1.29, 1.82) is 0 Å². The van der Waals surface area contributed by atoms with Gasteiger partial charge in [-0.2, -0.15) is 0 Å². The molecule has 0 radical (unpaired) electrons. The summed E-state index contributed by atoms with van der Waals surface area (Å²) in [5, 5.41) is 0. The standard InChI is InChI=1S/C66H65BN2/c1-40-33-59-61-60(34-40)69(55-31-28-44(62(2,3)4)35-47(55)41-19-15-14-16-20-41)58-39-52-51(65(10,11)49-21-17-18-22-50(49)66(52,12)13)38-54(58)67(61)53-30-27-46-37-57(53)68(59)56-32-29-45(63(5,6)7)36-48(56)42-23-25-43(26-24-42)64(46,8)9/h14-39H,1-13H3. The Labute approximate surface area is 412 Å². The summed E-state index contributed by atoms with van der Waals surface area (Å²) in [5.74, 6) is 0. The second kappa shape index (κ2) is 14.5. The Morgan fingerprint density at radius 2 is 0.855 bits per heavy atom. The summed E-state index contributed by atoms with van der Waals surface area (Å²) >= 11 is 0. The number of rotatable bonds is 2. The molecular weight excluding hydrogens is 832 g/mol. The predicted octanol–water partition coefficient (Wildman–Crippen LogP) is 15.6. The molecule has 342 valence electrons. The second-order valence-corrected chi connectivity index (χ2v) is 24.4. The van der Waals surface area contributed by atoms with E-state index in [1.807, 2.05) is 0 Å². The quantitative estimate of drug-likeness (QED) is 0.160. The van der Waals surface area contributed by atoms with Crippen molar-refractivity contribution in [1.82, 2.24) is 0 Å². The Kier molecular flexibility index (Phi) is 9.17. The highest BCUT2D eigenvalue weighted by Crippen LogP contribution is 2.55. The zero-order valence-corrected chi connectivity index (χ0v) is 43.0. The van der Waals surface area contributed by atoms with E-state index in [4.69, 9.17) is 0 Å². The molecule has 3 heteroatoms. The third-order valence-corrected chi connectivity index (χ3v) is 16.9. The number of fused-ring (bicyclic) bond motifs is 7.